The van der Waals surface area contributed by atoms with Crippen LogP contribution in [0, 0.1) is 11.6 Å². The summed E-state index contributed by atoms with van der Waals surface area (Å²) in [6.07, 6.45) is 0. The molecule has 18 heavy (non-hydrogen) atoms. The second-order valence-corrected chi connectivity index (χ2v) is 4.27. The van der Waals surface area contributed by atoms with E-state index in [1.54, 1.807) is 18.2 Å². The lowest BCUT2D eigenvalue weighted by atomic mass is 10.2. The first-order valence-electron chi connectivity index (χ1n) is 5.07. The number of halogens is 4. The molecule has 0 amide bonds. The average Bonchev–Trinajstić information content (AvgIpc) is 2.36. The highest BCUT2D eigenvalue weighted by molar-refractivity contribution is 6.30. The van der Waals surface area contributed by atoms with Gasteiger partial charge in [0.25, 0.3) is 0 Å². The van der Waals surface area contributed by atoms with E-state index < -0.39 is 11.6 Å². The third kappa shape index (κ3) is 2.92. The zero-order valence-corrected chi connectivity index (χ0v) is 10.6. The highest BCUT2D eigenvalue weighted by Gasteiger charge is 2.08. The molecule has 1 nitrogen and oxygen atoms in total. The Hall–Kier alpha value is -1.32. The number of hydrogen-bond acceptors (Lipinski definition) is 1. The molecule has 0 aliphatic rings. The second-order valence-electron chi connectivity index (χ2n) is 3.56. The summed E-state index contributed by atoms with van der Waals surface area (Å²) in [7, 11) is 0. The van der Waals surface area contributed by atoms with E-state index in [4.69, 9.17) is 27.9 Å². The molecule has 0 radical (unpaired) electrons. The van der Waals surface area contributed by atoms with Crippen molar-refractivity contribution in [1.29, 1.82) is 0 Å². The molecule has 94 valence electrons. The van der Waals surface area contributed by atoms with Gasteiger partial charge in [0.15, 0.2) is 11.6 Å². The summed E-state index contributed by atoms with van der Waals surface area (Å²) in [6.45, 7) is 0. The first kappa shape index (κ1) is 13.1. The molecule has 0 saturated heterocycles. The van der Waals surface area contributed by atoms with Crippen LogP contribution in [0.15, 0.2) is 36.4 Å². The zero-order chi connectivity index (χ0) is 13.1. The van der Waals surface area contributed by atoms with Gasteiger partial charge in [0.2, 0.25) is 0 Å². The minimum Gasteiger partial charge on any atom is -0.457 e. The second kappa shape index (κ2) is 5.55. The lowest BCUT2D eigenvalue weighted by Gasteiger charge is -2.10. The summed E-state index contributed by atoms with van der Waals surface area (Å²) in [6, 6.07) is 8.23. The molecule has 2 aromatic carbocycles. The van der Waals surface area contributed by atoms with Crippen LogP contribution in [0.4, 0.5) is 8.78 Å². The maximum absolute atomic E-state index is 13.0. The fourth-order valence-electron chi connectivity index (χ4n) is 1.42. The summed E-state index contributed by atoms with van der Waals surface area (Å²) in [4.78, 5) is 0. The molecular weight excluding hydrogens is 281 g/mol. The molecule has 0 bridgehead atoms. The van der Waals surface area contributed by atoms with Gasteiger partial charge < -0.3 is 4.74 Å². The minimum absolute atomic E-state index is 0.197. The number of ether oxygens (including phenoxy) is 1. The Morgan fingerprint density at radius 3 is 2.44 bits per heavy atom. The zero-order valence-electron chi connectivity index (χ0n) is 9.09. The topological polar surface area (TPSA) is 9.23 Å². The van der Waals surface area contributed by atoms with Gasteiger partial charge in [-0.1, -0.05) is 11.6 Å². The van der Waals surface area contributed by atoms with Crippen molar-refractivity contribution in [2.24, 2.45) is 0 Å². The van der Waals surface area contributed by atoms with Gasteiger partial charge in [-0.25, -0.2) is 8.78 Å². The Balaban J connectivity index is 2.30. The number of benzene rings is 2. The van der Waals surface area contributed by atoms with E-state index in [0.29, 0.717) is 16.3 Å². The molecule has 0 spiro atoms. The van der Waals surface area contributed by atoms with E-state index in [1.807, 2.05) is 0 Å². The molecule has 2 rings (SSSR count). The Morgan fingerprint density at radius 2 is 1.78 bits per heavy atom. The third-order valence-electron chi connectivity index (χ3n) is 2.29. The van der Waals surface area contributed by atoms with Gasteiger partial charge in [-0.2, -0.15) is 0 Å². The third-order valence-corrected chi connectivity index (χ3v) is 2.81. The summed E-state index contributed by atoms with van der Waals surface area (Å²) >= 11 is 11.6. The molecule has 2 aromatic rings. The lowest BCUT2D eigenvalue weighted by molar-refractivity contribution is 0.459. The molecule has 0 unspecified atom stereocenters. The van der Waals surface area contributed by atoms with Crippen LogP contribution >= 0.6 is 23.2 Å². The molecule has 5 heteroatoms. The molecule has 0 saturated carbocycles. The fourth-order valence-corrected chi connectivity index (χ4v) is 1.82. The molecule has 0 heterocycles. The highest BCUT2D eigenvalue weighted by Crippen LogP contribution is 2.29. The maximum Gasteiger partial charge on any atom is 0.162 e. The van der Waals surface area contributed by atoms with Crippen LogP contribution in [0.25, 0.3) is 0 Å². The summed E-state index contributed by atoms with van der Waals surface area (Å²) < 4.78 is 31.2. The van der Waals surface area contributed by atoms with Crippen LogP contribution in [-0.4, -0.2) is 0 Å². The number of alkyl halides is 1. The van der Waals surface area contributed by atoms with E-state index >= 15 is 0 Å². The Morgan fingerprint density at radius 1 is 1.00 bits per heavy atom. The minimum atomic E-state index is -0.964. The van der Waals surface area contributed by atoms with Crippen LogP contribution < -0.4 is 4.74 Å². The first-order valence-corrected chi connectivity index (χ1v) is 5.98. The Kier molecular flexibility index (Phi) is 4.04. The normalized spacial score (nSPS) is 10.4. The van der Waals surface area contributed by atoms with Crippen molar-refractivity contribution < 1.29 is 13.5 Å². The van der Waals surface area contributed by atoms with Gasteiger partial charge in [0.05, 0.1) is 5.88 Å². The monoisotopic (exact) mass is 288 g/mol. The van der Waals surface area contributed by atoms with Crippen LogP contribution in [0.2, 0.25) is 5.02 Å². The standard InChI is InChI=1S/C13H8Cl2F2O/c14-7-8-5-9(15)1-4-13(8)18-10-2-3-11(16)12(17)6-10/h1-6H,7H2. The summed E-state index contributed by atoms with van der Waals surface area (Å²) in [5.41, 5.74) is 0.675. The summed E-state index contributed by atoms with van der Waals surface area (Å²) in [5.74, 6) is -1.02. The van der Waals surface area contributed by atoms with E-state index in [2.05, 4.69) is 0 Å². The smallest absolute Gasteiger partial charge is 0.162 e. The van der Waals surface area contributed by atoms with Crippen molar-refractivity contribution in [2.45, 2.75) is 5.88 Å². The van der Waals surface area contributed by atoms with E-state index in [0.717, 1.165) is 12.1 Å². The van der Waals surface area contributed by atoms with Crippen molar-refractivity contribution in [2.75, 3.05) is 0 Å². The lowest BCUT2D eigenvalue weighted by Crippen LogP contribution is -1.91. The molecule has 0 aromatic heterocycles. The molecule has 0 aliphatic carbocycles. The fraction of sp³-hybridized carbons (Fsp3) is 0.0769. The molecule has 0 aliphatic heterocycles. The van der Waals surface area contributed by atoms with Crippen LogP contribution in [0.1, 0.15) is 5.56 Å². The van der Waals surface area contributed by atoms with Crippen molar-refractivity contribution in [3.05, 3.63) is 58.6 Å². The van der Waals surface area contributed by atoms with Crippen molar-refractivity contribution in [3.63, 3.8) is 0 Å². The largest absolute Gasteiger partial charge is 0.457 e. The number of hydrogen-bond donors (Lipinski definition) is 0. The van der Waals surface area contributed by atoms with Gasteiger partial charge in [-0.05, 0) is 30.3 Å². The van der Waals surface area contributed by atoms with Crippen molar-refractivity contribution in [1.82, 2.24) is 0 Å². The van der Waals surface area contributed by atoms with Gasteiger partial charge in [0.1, 0.15) is 11.5 Å². The van der Waals surface area contributed by atoms with Crippen LogP contribution in [0.3, 0.4) is 0 Å². The molecule has 0 atom stereocenters. The van der Waals surface area contributed by atoms with Crippen molar-refractivity contribution >= 4 is 23.2 Å². The average molecular weight is 289 g/mol. The first-order chi connectivity index (χ1) is 8.60. The predicted octanol–water partition coefficient (Wildman–Crippen LogP) is 5.15. The van der Waals surface area contributed by atoms with Crippen LogP contribution in [-0.2, 0) is 5.88 Å². The van der Waals surface area contributed by atoms with E-state index in [9.17, 15) is 8.78 Å². The van der Waals surface area contributed by atoms with Gasteiger partial charge >= 0.3 is 0 Å². The SMILES string of the molecule is Fc1ccc(Oc2ccc(Cl)cc2CCl)cc1F. The Bertz CT molecular complexity index is 573. The van der Waals surface area contributed by atoms with Gasteiger partial charge in [-0.15, -0.1) is 11.6 Å². The van der Waals surface area contributed by atoms with Crippen LogP contribution in [0.5, 0.6) is 11.5 Å². The quantitative estimate of drug-likeness (QED) is 0.710. The maximum atomic E-state index is 13.0. The number of rotatable bonds is 3. The predicted molar refractivity (Wildman–Crippen MR) is 67.4 cm³/mol. The molecule has 0 N–H and O–H groups in total. The van der Waals surface area contributed by atoms with Gasteiger partial charge in [-0.3, -0.25) is 0 Å². The Labute approximate surface area is 113 Å². The van der Waals surface area contributed by atoms with Gasteiger partial charge in [0, 0.05) is 16.7 Å². The van der Waals surface area contributed by atoms with Crippen molar-refractivity contribution in [3.8, 4) is 11.5 Å². The molecular formula is C13H8Cl2F2O. The van der Waals surface area contributed by atoms with E-state index in [1.165, 1.54) is 6.07 Å². The molecule has 0 fully saturated rings. The van der Waals surface area contributed by atoms with E-state index in [-0.39, 0.29) is 11.6 Å². The highest BCUT2D eigenvalue weighted by atomic mass is 35.5. The summed E-state index contributed by atoms with van der Waals surface area (Å²) in [5, 5.41) is 0.531.